The molecule has 1 aliphatic carbocycles. The zero-order valence-electron chi connectivity index (χ0n) is 6.47. The number of nitrogens with one attached hydrogen (secondary N) is 1. The van der Waals surface area contributed by atoms with Crippen LogP contribution in [0.3, 0.4) is 0 Å². The lowest BCUT2D eigenvalue weighted by Crippen LogP contribution is -2.24. The van der Waals surface area contributed by atoms with Gasteiger partial charge in [0, 0.05) is 13.0 Å². The molecule has 0 aromatic rings. The molecule has 0 aromatic heterocycles. The average molecular weight is 152 g/mol. The van der Waals surface area contributed by atoms with Gasteiger partial charge in [0.15, 0.2) is 0 Å². The molecule has 1 fully saturated rings. The number of rotatable bonds is 4. The highest BCUT2D eigenvalue weighted by molar-refractivity contribution is 5.76. The average Bonchev–Trinajstić information content (AvgIpc) is 2.72. The Kier molecular flexibility index (Phi) is 2.91. The molecule has 1 N–H and O–H groups in total. The van der Waals surface area contributed by atoms with E-state index >= 15 is 0 Å². The SMILES string of the molecule is N#CCCNC(=O)CC1CC1. The molecule has 0 atom stereocenters. The van der Waals surface area contributed by atoms with Crippen LogP contribution in [0.15, 0.2) is 0 Å². The fourth-order valence-corrected chi connectivity index (χ4v) is 0.914. The molecular formula is C8H12N2O. The van der Waals surface area contributed by atoms with Crippen LogP contribution in [0.4, 0.5) is 0 Å². The van der Waals surface area contributed by atoms with E-state index in [0.717, 1.165) is 0 Å². The second kappa shape index (κ2) is 3.97. The van der Waals surface area contributed by atoms with Crippen molar-refractivity contribution in [1.82, 2.24) is 5.32 Å². The maximum absolute atomic E-state index is 10.9. The summed E-state index contributed by atoms with van der Waals surface area (Å²) in [6, 6.07) is 1.98. The lowest BCUT2D eigenvalue weighted by atomic mass is 10.3. The molecule has 1 rings (SSSR count). The van der Waals surface area contributed by atoms with E-state index in [2.05, 4.69) is 5.32 Å². The molecule has 0 aromatic carbocycles. The van der Waals surface area contributed by atoms with Gasteiger partial charge in [0.2, 0.25) is 5.91 Å². The van der Waals surface area contributed by atoms with E-state index in [1.807, 2.05) is 6.07 Å². The molecule has 0 radical (unpaired) electrons. The zero-order chi connectivity index (χ0) is 8.10. The van der Waals surface area contributed by atoms with Crippen LogP contribution in [0.2, 0.25) is 0 Å². The molecule has 0 bridgehead atoms. The largest absolute Gasteiger partial charge is 0.355 e. The molecule has 0 heterocycles. The Morgan fingerprint density at radius 1 is 1.64 bits per heavy atom. The number of carbonyl (C=O) groups excluding carboxylic acids is 1. The summed E-state index contributed by atoms with van der Waals surface area (Å²) in [5, 5.41) is 10.9. The van der Waals surface area contributed by atoms with Crippen molar-refractivity contribution < 1.29 is 4.79 Å². The minimum atomic E-state index is 0.0998. The first-order valence-corrected chi connectivity index (χ1v) is 3.96. The Balaban J connectivity index is 1.97. The first-order valence-electron chi connectivity index (χ1n) is 3.96. The van der Waals surface area contributed by atoms with Crippen molar-refractivity contribution in [3.63, 3.8) is 0 Å². The lowest BCUT2D eigenvalue weighted by Gasteiger charge is -1.99. The normalized spacial score (nSPS) is 15.5. The standard InChI is InChI=1S/C8H12N2O/c9-4-1-5-10-8(11)6-7-2-3-7/h7H,1-3,5-6H2,(H,10,11). The second-order valence-corrected chi connectivity index (χ2v) is 2.91. The molecule has 0 saturated heterocycles. The fraction of sp³-hybridized carbons (Fsp3) is 0.750. The number of hydrogen-bond donors (Lipinski definition) is 1. The molecule has 1 aliphatic rings. The van der Waals surface area contributed by atoms with Gasteiger partial charge in [-0.3, -0.25) is 4.79 Å². The summed E-state index contributed by atoms with van der Waals surface area (Å²) in [6.07, 6.45) is 3.47. The molecule has 11 heavy (non-hydrogen) atoms. The summed E-state index contributed by atoms with van der Waals surface area (Å²) in [4.78, 5) is 10.9. The first-order chi connectivity index (χ1) is 5.33. The highest BCUT2D eigenvalue weighted by Gasteiger charge is 2.23. The van der Waals surface area contributed by atoms with Gasteiger partial charge >= 0.3 is 0 Å². The number of nitriles is 1. The van der Waals surface area contributed by atoms with Gasteiger partial charge in [-0.2, -0.15) is 5.26 Å². The van der Waals surface area contributed by atoms with E-state index in [1.165, 1.54) is 12.8 Å². The molecule has 60 valence electrons. The lowest BCUT2D eigenvalue weighted by molar-refractivity contribution is -0.121. The summed E-state index contributed by atoms with van der Waals surface area (Å²) in [5.41, 5.74) is 0. The summed E-state index contributed by atoms with van der Waals surface area (Å²) in [6.45, 7) is 0.502. The summed E-state index contributed by atoms with van der Waals surface area (Å²) < 4.78 is 0. The van der Waals surface area contributed by atoms with Crippen LogP contribution in [-0.4, -0.2) is 12.5 Å². The molecule has 0 unspecified atom stereocenters. The number of hydrogen-bond acceptors (Lipinski definition) is 2. The zero-order valence-corrected chi connectivity index (χ0v) is 6.47. The minimum absolute atomic E-state index is 0.0998. The first kappa shape index (κ1) is 8.06. The summed E-state index contributed by atoms with van der Waals surface area (Å²) in [5.74, 6) is 0.736. The van der Waals surface area contributed by atoms with Gasteiger partial charge < -0.3 is 5.32 Å². The maximum atomic E-state index is 10.9. The van der Waals surface area contributed by atoms with Crippen LogP contribution in [0.1, 0.15) is 25.7 Å². The highest BCUT2D eigenvalue weighted by Crippen LogP contribution is 2.31. The van der Waals surface area contributed by atoms with Crippen molar-refractivity contribution in [1.29, 1.82) is 5.26 Å². The Morgan fingerprint density at radius 3 is 2.91 bits per heavy atom. The van der Waals surface area contributed by atoms with Crippen LogP contribution < -0.4 is 5.32 Å². The van der Waals surface area contributed by atoms with Crippen molar-refractivity contribution in [3.05, 3.63) is 0 Å². The third-order valence-corrected chi connectivity index (χ3v) is 1.73. The van der Waals surface area contributed by atoms with E-state index in [1.54, 1.807) is 0 Å². The molecule has 1 saturated carbocycles. The molecule has 1 amide bonds. The quantitative estimate of drug-likeness (QED) is 0.606. The van der Waals surface area contributed by atoms with Gasteiger partial charge in [-0.05, 0) is 18.8 Å². The van der Waals surface area contributed by atoms with Gasteiger partial charge in [-0.15, -0.1) is 0 Å². The van der Waals surface area contributed by atoms with E-state index in [0.29, 0.717) is 25.3 Å². The molecule has 3 heteroatoms. The molecular weight excluding hydrogens is 140 g/mol. The highest BCUT2D eigenvalue weighted by atomic mass is 16.1. The Labute approximate surface area is 66.4 Å². The topological polar surface area (TPSA) is 52.9 Å². The summed E-state index contributed by atoms with van der Waals surface area (Å²) >= 11 is 0. The van der Waals surface area contributed by atoms with Gasteiger partial charge in [-0.1, -0.05) is 0 Å². The smallest absolute Gasteiger partial charge is 0.220 e. The number of amides is 1. The second-order valence-electron chi connectivity index (χ2n) is 2.91. The van der Waals surface area contributed by atoms with Gasteiger partial charge in [-0.25, -0.2) is 0 Å². The van der Waals surface area contributed by atoms with Crippen molar-refractivity contribution in [2.24, 2.45) is 5.92 Å². The van der Waals surface area contributed by atoms with Crippen LogP contribution in [0.25, 0.3) is 0 Å². The van der Waals surface area contributed by atoms with Gasteiger partial charge in [0.05, 0.1) is 12.5 Å². The van der Waals surface area contributed by atoms with Gasteiger partial charge in [0.25, 0.3) is 0 Å². The van der Waals surface area contributed by atoms with Crippen molar-refractivity contribution in [3.8, 4) is 6.07 Å². The third kappa shape index (κ3) is 3.61. The van der Waals surface area contributed by atoms with Crippen molar-refractivity contribution >= 4 is 5.91 Å². The van der Waals surface area contributed by atoms with E-state index in [9.17, 15) is 4.79 Å². The van der Waals surface area contributed by atoms with E-state index in [4.69, 9.17) is 5.26 Å². The van der Waals surface area contributed by atoms with Crippen molar-refractivity contribution in [2.45, 2.75) is 25.7 Å². The monoisotopic (exact) mass is 152 g/mol. The predicted octanol–water partition coefficient (Wildman–Crippen LogP) is 0.816. The van der Waals surface area contributed by atoms with E-state index < -0.39 is 0 Å². The fourth-order valence-electron chi connectivity index (χ4n) is 0.914. The van der Waals surface area contributed by atoms with Crippen LogP contribution in [0.5, 0.6) is 0 Å². The van der Waals surface area contributed by atoms with Crippen LogP contribution in [-0.2, 0) is 4.79 Å². The molecule has 0 spiro atoms. The number of carbonyl (C=O) groups is 1. The van der Waals surface area contributed by atoms with Crippen molar-refractivity contribution in [2.75, 3.05) is 6.54 Å². The van der Waals surface area contributed by atoms with Crippen LogP contribution >= 0.6 is 0 Å². The third-order valence-electron chi connectivity index (χ3n) is 1.73. The van der Waals surface area contributed by atoms with E-state index in [-0.39, 0.29) is 5.91 Å². The predicted molar refractivity (Wildman–Crippen MR) is 40.6 cm³/mol. The Hall–Kier alpha value is -1.04. The number of nitrogens with zero attached hydrogens (tertiary/aromatic N) is 1. The summed E-state index contributed by atoms with van der Waals surface area (Å²) in [7, 11) is 0. The Bertz CT molecular complexity index is 179. The molecule has 3 nitrogen and oxygen atoms in total. The van der Waals surface area contributed by atoms with Crippen LogP contribution in [0, 0.1) is 17.2 Å². The molecule has 0 aliphatic heterocycles. The minimum Gasteiger partial charge on any atom is -0.355 e. The van der Waals surface area contributed by atoms with Gasteiger partial charge in [0.1, 0.15) is 0 Å². The Morgan fingerprint density at radius 2 is 2.36 bits per heavy atom. The maximum Gasteiger partial charge on any atom is 0.220 e.